The quantitative estimate of drug-likeness (QED) is 0.378. The van der Waals surface area contributed by atoms with E-state index in [1.807, 2.05) is 108 Å². The Hall–Kier alpha value is -4.45. The Balaban J connectivity index is 1.35. The first-order chi connectivity index (χ1) is 16.3. The third-order valence-corrected chi connectivity index (χ3v) is 5.42. The number of nitrogens with zero attached hydrogens (tertiary/aromatic N) is 3. The van der Waals surface area contributed by atoms with Crippen molar-refractivity contribution < 1.29 is 4.79 Å². The molecule has 0 saturated heterocycles. The molecule has 1 amide bonds. The number of carbonyl (C=O) groups is 1. The number of benzene rings is 3. The number of hydrogen-bond acceptors (Lipinski definition) is 4. The summed E-state index contributed by atoms with van der Waals surface area (Å²) in [6.07, 6.45) is 2.27. The maximum Gasteiger partial charge on any atom is 0.224 e. The van der Waals surface area contributed by atoms with Gasteiger partial charge in [0.25, 0.3) is 0 Å². The van der Waals surface area contributed by atoms with Crippen molar-refractivity contribution in [3.8, 4) is 5.82 Å². The molecule has 0 bridgehead atoms. The average molecular weight is 434 g/mol. The third-order valence-electron chi connectivity index (χ3n) is 5.42. The summed E-state index contributed by atoms with van der Waals surface area (Å²) in [6, 6.07) is 31.6. The fourth-order valence-electron chi connectivity index (χ4n) is 3.80. The lowest BCUT2D eigenvalue weighted by Crippen LogP contribution is -2.24. The van der Waals surface area contributed by atoms with Crippen molar-refractivity contribution in [1.29, 1.82) is 0 Å². The van der Waals surface area contributed by atoms with E-state index >= 15 is 0 Å². The van der Waals surface area contributed by atoms with Gasteiger partial charge in [0.05, 0.1) is 11.9 Å². The van der Waals surface area contributed by atoms with Crippen molar-refractivity contribution in [2.45, 2.75) is 13.0 Å². The van der Waals surface area contributed by atoms with Crippen LogP contribution in [0, 0.1) is 0 Å². The fourth-order valence-corrected chi connectivity index (χ4v) is 3.80. The highest BCUT2D eigenvalue weighted by Crippen LogP contribution is 2.25. The number of aromatic nitrogens is 3. The number of fused-ring (bicyclic) bond motifs is 1. The van der Waals surface area contributed by atoms with Gasteiger partial charge in [0.1, 0.15) is 0 Å². The zero-order valence-corrected chi connectivity index (χ0v) is 18.0. The number of carbonyl (C=O) groups excluding carboxylic acids is 1. The van der Waals surface area contributed by atoms with Gasteiger partial charge in [0, 0.05) is 23.8 Å². The normalized spacial score (nSPS) is 10.8. The molecule has 0 unspecified atom stereocenters. The van der Waals surface area contributed by atoms with Crippen molar-refractivity contribution in [3.05, 3.63) is 114 Å². The van der Waals surface area contributed by atoms with Crippen LogP contribution in [0.15, 0.2) is 103 Å². The SMILES string of the molecule is O=C(Cc1cn(-c2ccc(Nc3ccccc3)nn2)c2ccccc12)NCc1ccccc1. The van der Waals surface area contributed by atoms with Crippen molar-refractivity contribution in [2.75, 3.05) is 5.32 Å². The highest BCUT2D eigenvalue weighted by atomic mass is 16.1. The minimum Gasteiger partial charge on any atom is -0.352 e. The second-order valence-electron chi connectivity index (χ2n) is 7.75. The van der Waals surface area contributed by atoms with Crippen LogP contribution >= 0.6 is 0 Å². The number of para-hydroxylation sites is 2. The zero-order chi connectivity index (χ0) is 22.5. The Labute approximate surface area is 191 Å². The Kier molecular flexibility index (Phi) is 5.80. The molecule has 0 spiro atoms. The number of anilines is 2. The van der Waals surface area contributed by atoms with Crippen LogP contribution < -0.4 is 10.6 Å². The van der Waals surface area contributed by atoms with Crippen LogP contribution in [-0.2, 0) is 17.8 Å². The molecule has 0 aliphatic carbocycles. The van der Waals surface area contributed by atoms with Gasteiger partial charge in [-0.3, -0.25) is 9.36 Å². The first-order valence-corrected chi connectivity index (χ1v) is 10.8. The first-order valence-electron chi connectivity index (χ1n) is 10.8. The van der Waals surface area contributed by atoms with Gasteiger partial charge in [0.2, 0.25) is 5.91 Å². The molecule has 6 heteroatoms. The summed E-state index contributed by atoms with van der Waals surface area (Å²) >= 11 is 0. The lowest BCUT2D eigenvalue weighted by atomic mass is 10.1. The van der Waals surface area contributed by atoms with E-state index in [0.29, 0.717) is 24.6 Å². The van der Waals surface area contributed by atoms with Crippen LogP contribution in [-0.4, -0.2) is 20.7 Å². The molecule has 0 aliphatic heterocycles. The molecule has 5 aromatic rings. The molecule has 0 fully saturated rings. The Morgan fingerprint density at radius 3 is 2.27 bits per heavy atom. The molecule has 2 aromatic heterocycles. The number of hydrogen-bond donors (Lipinski definition) is 2. The summed E-state index contributed by atoms with van der Waals surface area (Å²) in [5, 5.41) is 16.0. The molecule has 0 aliphatic rings. The Morgan fingerprint density at radius 2 is 1.52 bits per heavy atom. The highest BCUT2D eigenvalue weighted by Gasteiger charge is 2.14. The van der Waals surface area contributed by atoms with Crippen LogP contribution in [0.1, 0.15) is 11.1 Å². The van der Waals surface area contributed by atoms with Crippen LogP contribution in [0.3, 0.4) is 0 Å². The number of amides is 1. The van der Waals surface area contributed by atoms with Gasteiger partial charge in [0.15, 0.2) is 11.6 Å². The van der Waals surface area contributed by atoms with Gasteiger partial charge in [-0.25, -0.2) is 0 Å². The van der Waals surface area contributed by atoms with E-state index in [4.69, 9.17) is 0 Å². The first kappa shape index (κ1) is 20.5. The molecular weight excluding hydrogens is 410 g/mol. The molecule has 6 nitrogen and oxygen atoms in total. The monoisotopic (exact) mass is 433 g/mol. The molecule has 3 aromatic carbocycles. The van der Waals surface area contributed by atoms with Gasteiger partial charge in [-0.15, -0.1) is 10.2 Å². The van der Waals surface area contributed by atoms with Crippen LogP contribution in [0.4, 0.5) is 11.5 Å². The van der Waals surface area contributed by atoms with E-state index in [2.05, 4.69) is 20.8 Å². The molecule has 0 saturated carbocycles. The van der Waals surface area contributed by atoms with E-state index < -0.39 is 0 Å². The van der Waals surface area contributed by atoms with Crippen molar-refractivity contribution in [3.63, 3.8) is 0 Å². The van der Waals surface area contributed by atoms with Crippen LogP contribution in [0.5, 0.6) is 0 Å². The maximum absolute atomic E-state index is 12.6. The van der Waals surface area contributed by atoms with Gasteiger partial charge in [-0.05, 0) is 41.5 Å². The Morgan fingerprint density at radius 1 is 0.788 bits per heavy atom. The topological polar surface area (TPSA) is 71.8 Å². The van der Waals surface area contributed by atoms with E-state index in [1.165, 1.54) is 0 Å². The van der Waals surface area contributed by atoms with E-state index in [0.717, 1.165) is 27.7 Å². The molecule has 2 N–H and O–H groups in total. The van der Waals surface area contributed by atoms with Crippen LogP contribution in [0.2, 0.25) is 0 Å². The lowest BCUT2D eigenvalue weighted by molar-refractivity contribution is -0.120. The van der Waals surface area contributed by atoms with Crippen LogP contribution in [0.25, 0.3) is 16.7 Å². The maximum atomic E-state index is 12.6. The second-order valence-corrected chi connectivity index (χ2v) is 7.75. The molecule has 162 valence electrons. The standard InChI is InChI=1S/C27H23N5O/c33-27(28-18-20-9-3-1-4-10-20)17-21-19-32(24-14-8-7-13-23(21)24)26-16-15-25(30-31-26)29-22-11-5-2-6-12-22/h1-16,19H,17-18H2,(H,28,33)(H,29,30). The molecule has 0 atom stereocenters. The van der Waals surface area contributed by atoms with Gasteiger partial charge in [-0.1, -0.05) is 66.7 Å². The predicted octanol–water partition coefficient (Wildman–Crippen LogP) is 5.02. The van der Waals surface area contributed by atoms with E-state index in [9.17, 15) is 4.79 Å². The number of nitrogens with one attached hydrogen (secondary N) is 2. The second kappa shape index (κ2) is 9.36. The van der Waals surface area contributed by atoms with Gasteiger partial charge in [-0.2, -0.15) is 0 Å². The fraction of sp³-hybridized carbons (Fsp3) is 0.0741. The smallest absolute Gasteiger partial charge is 0.224 e. The number of rotatable bonds is 7. The summed E-state index contributed by atoms with van der Waals surface area (Å²) in [7, 11) is 0. The van der Waals surface area contributed by atoms with Gasteiger partial charge < -0.3 is 10.6 Å². The van der Waals surface area contributed by atoms with E-state index in [1.54, 1.807) is 0 Å². The average Bonchev–Trinajstić information content (AvgIpc) is 3.23. The summed E-state index contributed by atoms with van der Waals surface area (Å²) in [4.78, 5) is 12.6. The molecule has 5 rings (SSSR count). The van der Waals surface area contributed by atoms with Crippen molar-refractivity contribution in [1.82, 2.24) is 20.1 Å². The minimum atomic E-state index is -0.0183. The van der Waals surface area contributed by atoms with Crippen molar-refractivity contribution >= 4 is 28.3 Å². The predicted molar refractivity (Wildman–Crippen MR) is 131 cm³/mol. The van der Waals surface area contributed by atoms with E-state index in [-0.39, 0.29) is 5.91 Å². The zero-order valence-electron chi connectivity index (χ0n) is 18.0. The van der Waals surface area contributed by atoms with Crippen molar-refractivity contribution in [2.24, 2.45) is 0 Å². The third kappa shape index (κ3) is 4.75. The summed E-state index contributed by atoms with van der Waals surface area (Å²) in [5.41, 5.74) is 3.97. The summed E-state index contributed by atoms with van der Waals surface area (Å²) < 4.78 is 1.98. The Bertz CT molecular complexity index is 1360. The summed E-state index contributed by atoms with van der Waals surface area (Å²) in [6.45, 7) is 0.514. The lowest BCUT2D eigenvalue weighted by Gasteiger charge is -2.07. The molecule has 0 radical (unpaired) electrons. The largest absolute Gasteiger partial charge is 0.352 e. The minimum absolute atomic E-state index is 0.0183. The molecule has 33 heavy (non-hydrogen) atoms. The molecular formula is C27H23N5O. The molecule has 2 heterocycles. The van der Waals surface area contributed by atoms with Gasteiger partial charge >= 0.3 is 0 Å². The summed E-state index contributed by atoms with van der Waals surface area (Å²) in [5.74, 6) is 1.35. The highest BCUT2D eigenvalue weighted by molar-refractivity contribution is 5.90.